The Bertz CT molecular complexity index is 577. The number of carbonyl (C=O) groups is 2. The van der Waals surface area contributed by atoms with Crippen LogP contribution < -0.4 is 10.6 Å². The van der Waals surface area contributed by atoms with Gasteiger partial charge in [-0.2, -0.15) is 0 Å². The predicted molar refractivity (Wildman–Crippen MR) is 125 cm³/mol. The van der Waals surface area contributed by atoms with Crippen molar-refractivity contribution in [3.05, 3.63) is 0 Å². The zero-order chi connectivity index (χ0) is 23.5. The number of nitrogens with one attached hydrogen (secondary N) is 2. The Morgan fingerprint density at radius 2 is 0.906 bits per heavy atom. The van der Waals surface area contributed by atoms with E-state index in [1.807, 2.05) is 51.3 Å². The molecule has 0 saturated carbocycles. The van der Waals surface area contributed by atoms with Gasteiger partial charge in [-0.1, -0.05) is 0 Å². The second kappa shape index (κ2) is 10.2. The lowest BCUT2D eigenvalue weighted by Crippen LogP contribution is -2.53. The van der Waals surface area contributed by atoms with Crippen LogP contribution in [0, 0.1) is 23.7 Å². The van der Waals surface area contributed by atoms with Crippen molar-refractivity contribution in [3.63, 3.8) is 0 Å². The Labute approximate surface area is 193 Å². The summed E-state index contributed by atoms with van der Waals surface area (Å²) in [4.78, 5) is 27.6. The third kappa shape index (κ3) is 7.80. The minimum Gasteiger partial charge on any atom is -0.444 e. The molecule has 4 saturated heterocycles. The van der Waals surface area contributed by atoms with Crippen LogP contribution in [0.1, 0.15) is 54.4 Å². The van der Waals surface area contributed by atoms with Crippen LogP contribution in [-0.4, -0.2) is 85.5 Å². The van der Waals surface area contributed by atoms with Gasteiger partial charge in [0, 0.05) is 26.2 Å². The highest BCUT2D eigenvalue weighted by atomic mass is 16.6. The maximum atomic E-state index is 11.9. The first-order chi connectivity index (χ1) is 14.9. The topological polar surface area (TPSA) is 83.1 Å². The Hall–Kier alpha value is -1.54. The second-order valence-corrected chi connectivity index (χ2v) is 12.0. The number of hydrogen-bond donors (Lipinski definition) is 2. The van der Waals surface area contributed by atoms with Gasteiger partial charge in [0.1, 0.15) is 11.2 Å². The van der Waals surface area contributed by atoms with E-state index in [0.29, 0.717) is 23.7 Å². The van der Waals surface area contributed by atoms with Gasteiger partial charge >= 0.3 is 12.2 Å². The highest BCUT2D eigenvalue weighted by Crippen LogP contribution is 2.26. The van der Waals surface area contributed by atoms with Gasteiger partial charge in [-0.25, -0.2) is 9.59 Å². The molecule has 4 unspecified atom stereocenters. The third-order valence-corrected chi connectivity index (χ3v) is 6.28. The summed E-state index contributed by atoms with van der Waals surface area (Å²) in [6.45, 7) is 19.0. The standard InChI is InChI=1S/2C12H22N2O2/c2*1-12(2,3)16-11(15)14-7-9-4-10(8-14)6-13-5-9/h2*9-10,13H,4-8H2,1-3H3. The molecule has 0 aromatic heterocycles. The molecule has 8 heteroatoms. The predicted octanol–water partition coefficient (Wildman–Crippen LogP) is 2.93. The third-order valence-electron chi connectivity index (χ3n) is 6.28. The molecule has 4 atom stereocenters. The van der Waals surface area contributed by atoms with Gasteiger partial charge in [0.15, 0.2) is 0 Å². The Kier molecular flexibility index (Phi) is 7.97. The van der Waals surface area contributed by atoms with Gasteiger partial charge in [-0.05, 0) is 104 Å². The largest absolute Gasteiger partial charge is 0.444 e. The van der Waals surface area contributed by atoms with E-state index in [2.05, 4.69) is 10.6 Å². The number of amides is 2. The molecule has 4 fully saturated rings. The van der Waals surface area contributed by atoms with Crippen LogP contribution in [0.15, 0.2) is 0 Å². The summed E-state index contributed by atoms with van der Waals surface area (Å²) in [5.74, 6) is 2.44. The lowest BCUT2D eigenvalue weighted by atomic mass is 9.86. The van der Waals surface area contributed by atoms with Crippen LogP contribution in [0.4, 0.5) is 9.59 Å². The Balaban J connectivity index is 0.000000181. The van der Waals surface area contributed by atoms with E-state index >= 15 is 0 Å². The summed E-state index contributed by atoms with van der Waals surface area (Å²) >= 11 is 0. The summed E-state index contributed by atoms with van der Waals surface area (Å²) in [6.07, 6.45) is 2.21. The van der Waals surface area contributed by atoms with Crippen molar-refractivity contribution in [1.29, 1.82) is 0 Å². The lowest BCUT2D eigenvalue weighted by molar-refractivity contribution is 0.00498. The molecule has 2 amide bonds. The molecule has 2 N–H and O–H groups in total. The van der Waals surface area contributed by atoms with Crippen LogP contribution in [0.2, 0.25) is 0 Å². The average molecular weight is 453 g/mol. The highest BCUT2D eigenvalue weighted by Gasteiger charge is 2.35. The molecule has 0 aliphatic carbocycles. The molecular formula is C24H44N4O4. The Morgan fingerprint density at radius 1 is 0.625 bits per heavy atom. The van der Waals surface area contributed by atoms with Crippen LogP contribution in [0.3, 0.4) is 0 Å². The first kappa shape index (κ1) is 25.1. The van der Waals surface area contributed by atoms with Gasteiger partial charge < -0.3 is 29.9 Å². The second-order valence-electron chi connectivity index (χ2n) is 12.0. The van der Waals surface area contributed by atoms with Crippen LogP contribution in [0.25, 0.3) is 0 Å². The summed E-state index contributed by atoms with van der Waals surface area (Å²) in [7, 11) is 0. The van der Waals surface area contributed by atoms with Gasteiger partial charge in [-0.3, -0.25) is 0 Å². The molecule has 0 radical (unpaired) electrons. The van der Waals surface area contributed by atoms with E-state index in [1.165, 1.54) is 12.8 Å². The van der Waals surface area contributed by atoms with Crippen molar-refractivity contribution in [3.8, 4) is 0 Å². The zero-order valence-electron chi connectivity index (χ0n) is 20.9. The van der Waals surface area contributed by atoms with Crippen molar-refractivity contribution in [2.45, 2.75) is 65.6 Å². The number of ether oxygens (including phenoxy) is 2. The molecule has 4 aliphatic heterocycles. The van der Waals surface area contributed by atoms with Crippen molar-refractivity contribution in [1.82, 2.24) is 20.4 Å². The summed E-state index contributed by atoms with van der Waals surface area (Å²) in [5.41, 5.74) is -0.774. The normalized spacial score (nSPS) is 30.1. The number of likely N-dealkylation sites (tertiary alicyclic amines) is 2. The smallest absolute Gasteiger partial charge is 0.410 e. The van der Waals surface area contributed by atoms with E-state index < -0.39 is 0 Å². The summed E-state index contributed by atoms with van der Waals surface area (Å²) < 4.78 is 10.8. The van der Waals surface area contributed by atoms with E-state index in [9.17, 15) is 9.59 Å². The average Bonchev–Trinajstić information content (AvgIpc) is 2.65. The Morgan fingerprint density at radius 3 is 1.16 bits per heavy atom. The van der Waals surface area contributed by atoms with Gasteiger partial charge in [0.2, 0.25) is 0 Å². The molecule has 4 heterocycles. The molecular weight excluding hydrogens is 408 g/mol. The highest BCUT2D eigenvalue weighted by molar-refractivity contribution is 5.68. The van der Waals surface area contributed by atoms with Crippen LogP contribution >= 0.6 is 0 Å². The maximum Gasteiger partial charge on any atom is 0.410 e. The van der Waals surface area contributed by atoms with Gasteiger partial charge in [0.25, 0.3) is 0 Å². The molecule has 4 bridgehead atoms. The molecule has 8 nitrogen and oxygen atoms in total. The molecule has 0 spiro atoms. The number of carbonyl (C=O) groups excluding carboxylic acids is 2. The molecule has 184 valence electrons. The lowest BCUT2D eigenvalue weighted by Gasteiger charge is -2.41. The molecule has 0 aromatic carbocycles. The SMILES string of the molecule is CC(C)(C)OC(=O)N1CC2CNCC(C2)C1.CC(C)(C)OC(=O)N1CC2CNCC(C2)C1. The van der Waals surface area contributed by atoms with Crippen molar-refractivity contribution < 1.29 is 19.1 Å². The molecule has 4 aliphatic rings. The fourth-order valence-electron chi connectivity index (χ4n) is 5.16. The zero-order valence-corrected chi connectivity index (χ0v) is 20.9. The minimum atomic E-state index is -0.387. The monoisotopic (exact) mass is 452 g/mol. The number of fused-ring (bicyclic) bond motifs is 4. The van der Waals surface area contributed by atoms with Crippen molar-refractivity contribution in [2.75, 3.05) is 52.4 Å². The number of piperidine rings is 4. The number of rotatable bonds is 0. The van der Waals surface area contributed by atoms with Gasteiger partial charge in [0.05, 0.1) is 0 Å². The minimum absolute atomic E-state index is 0.149. The van der Waals surface area contributed by atoms with Crippen LogP contribution in [-0.2, 0) is 9.47 Å². The van der Waals surface area contributed by atoms with Crippen molar-refractivity contribution in [2.24, 2.45) is 23.7 Å². The number of hydrogen-bond acceptors (Lipinski definition) is 6. The first-order valence-corrected chi connectivity index (χ1v) is 12.3. The molecule has 0 aromatic rings. The molecule has 32 heavy (non-hydrogen) atoms. The van der Waals surface area contributed by atoms with E-state index in [-0.39, 0.29) is 23.4 Å². The van der Waals surface area contributed by atoms with E-state index in [4.69, 9.17) is 9.47 Å². The fraction of sp³-hybridized carbons (Fsp3) is 0.917. The summed E-state index contributed by atoms with van der Waals surface area (Å²) in [5, 5.41) is 6.83. The summed E-state index contributed by atoms with van der Waals surface area (Å²) in [6, 6.07) is 0. The van der Waals surface area contributed by atoms with Crippen molar-refractivity contribution >= 4 is 12.2 Å². The van der Waals surface area contributed by atoms with Gasteiger partial charge in [-0.15, -0.1) is 0 Å². The van der Waals surface area contributed by atoms with Crippen LogP contribution in [0.5, 0.6) is 0 Å². The maximum absolute atomic E-state index is 11.9. The number of nitrogens with zero attached hydrogens (tertiary/aromatic N) is 2. The van der Waals surface area contributed by atoms with E-state index in [0.717, 1.165) is 52.4 Å². The first-order valence-electron chi connectivity index (χ1n) is 12.3. The quantitative estimate of drug-likeness (QED) is 0.588. The van der Waals surface area contributed by atoms with E-state index in [1.54, 1.807) is 0 Å². The molecule has 4 rings (SSSR count). The fourth-order valence-corrected chi connectivity index (χ4v) is 5.16.